The minimum absolute atomic E-state index is 0.788. The SMILES string of the molecule is c1ccc(-c2cnn3c(NCCc4ccccn4)ccnc23)cc1. The lowest BCUT2D eigenvalue weighted by Crippen LogP contribution is -2.09. The molecular formula is C19H17N5. The molecule has 3 aromatic heterocycles. The monoisotopic (exact) mass is 315 g/mol. The highest BCUT2D eigenvalue weighted by Crippen LogP contribution is 2.24. The van der Waals surface area contributed by atoms with Gasteiger partial charge in [0.1, 0.15) is 5.82 Å². The van der Waals surface area contributed by atoms with E-state index in [1.807, 2.05) is 65.6 Å². The number of rotatable bonds is 5. The van der Waals surface area contributed by atoms with E-state index >= 15 is 0 Å². The third kappa shape index (κ3) is 2.84. The molecule has 0 saturated heterocycles. The van der Waals surface area contributed by atoms with Crippen LogP contribution in [0.1, 0.15) is 5.69 Å². The molecule has 5 nitrogen and oxygen atoms in total. The summed E-state index contributed by atoms with van der Waals surface area (Å²) >= 11 is 0. The van der Waals surface area contributed by atoms with Gasteiger partial charge in [0.2, 0.25) is 0 Å². The van der Waals surface area contributed by atoms with Crippen molar-refractivity contribution in [2.75, 3.05) is 11.9 Å². The number of hydrogen-bond acceptors (Lipinski definition) is 4. The second-order valence-corrected chi connectivity index (χ2v) is 5.49. The van der Waals surface area contributed by atoms with E-state index in [1.54, 1.807) is 0 Å². The Kier molecular flexibility index (Phi) is 3.90. The third-order valence-electron chi connectivity index (χ3n) is 3.90. The van der Waals surface area contributed by atoms with Gasteiger partial charge in [0, 0.05) is 36.6 Å². The van der Waals surface area contributed by atoms with Gasteiger partial charge in [0.05, 0.1) is 6.20 Å². The molecule has 0 aliphatic heterocycles. The van der Waals surface area contributed by atoms with E-state index in [0.29, 0.717) is 0 Å². The first-order valence-corrected chi connectivity index (χ1v) is 7.94. The van der Waals surface area contributed by atoms with Crippen LogP contribution in [0.4, 0.5) is 5.82 Å². The molecule has 0 amide bonds. The van der Waals surface area contributed by atoms with Gasteiger partial charge < -0.3 is 5.32 Å². The van der Waals surface area contributed by atoms with Crippen molar-refractivity contribution < 1.29 is 0 Å². The highest BCUT2D eigenvalue weighted by atomic mass is 15.3. The summed E-state index contributed by atoms with van der Waals surface area (Å²) in [7, 11) is 0. The standard InChI is InChI=1S/C19H17N5/c1-2-6-15(7-3-1)17-14-23-24-18(10-13-22-19(17)24)21-12-9-16-8-4-5-11-20-16/h1-8,10-11,13-14,21H,9,12H2. The molecule has 0 aliphatic carbocycles. The Morgan fingerprint density at radius 3 is 2.58 bits per heavy atom. The van der Waals surface area contributed by atoms with Crippen molar-refractivity contribution in [1.29, 1.82) is 0 Å². The van der Waals surface area contributed by atoms with Crippen molar-refractivity contribution in [3.05, 3.63) is 78.9 Å². The second kappa shape index (κ2) is 6.50. The summed E-state index contributed by atoms with van der Waals surface area (Å²) in [6.45, 7) is 0.788. The lowest BCUT2D eigenvalue weighted by atomic mass is 10.1. The Bertz CT molecular complexity index is 932. The number of pyridine rings is 1. The topological polar surface area (TPSA) is 55.1 Å². The Balaban J connectivity index is 1.57. The molecular weight excluding hydrogens is 298 g/mol. The van der Waals surface area contributed by atoms with E-state index < -0.39 is 0 Å². The molecule has 1 aromatic carbocycles. The fraction of sp³-hybridized carbons (Fsp3) is 0.105. The maximum atomic E-state index is 4.50. The zero-order valence-electron chi connectivity index (χ0n) is 13.1. The minimum Gasteiger partial charge on any atom is -0.370 e. The summed E-state index contributed by atoms with van der Waals surface area (Å²) in [5.41, 5.74) is 4.07. The highest BCUT2D eigenvalue weighted by molar-refractivity contribution is 5.77. The number of nitrogens with one attached hydrogen (secondary N) is 1. The van der Waals surface area contributed by atoms with Crippen LogP contribution >= 0.6 is 0 Å². The molecule has 0 spiro atoms. The third-order valence-corrected chi connectivity index (χ3v) is 3.90. The number of benzene rings is 1. The van der Waals surface area contributed by atoms with E-state index in [9.17, 15) is 0 Å². The van der Waals surface area contributed by atoms with E-state index in [2.05, 4.69) is 32.5 Å². The van der Waals surface area contributed by atoms with E-state index in [0.717, 1.165) is 41.3 Å². The van der Waals surface area contributed by atoms with Crippen LogP contribution in [0.15, 0.2) is 73.2 Å². The summed E-state index contributed by atoms with van der Waals surface area (Å²) in [5.74, 6) is 0.929. The number of fused-ring (bicyclic) bond motifs is 1. The summed E-state index contributed by atoms with van der Waals surface area (Å²) in [4.78, 5) is 8.83. The van der Waals surface area contributed by atoms with Crippen molar-refractivity contribution in [3.8, 4) is 11.1 Å². The first-order chi connectivity index (χ1) is 11.9. The fourth-order valence-corrected chi connectivity index (χ4v) is 2.71. The van der Waals surface area contributed by atoms with Gasteiger partial charge in [-0.05, 0) is 23.8 Å². The van der Waals surface area contributed by atoms with Crippen molar-refractivity contribution in [1.82, 2.24) is 19.6 Å². The lowest BCUT2D eigenvalue weighted by molar-refractivity contribution is 0.901. The zero-order valence-corrected chi connectivity index (χ0v) is 13.1. The summed E-state index contributed by atoms with van der Waals surface area (Å²) in [6.07, 6.45) is 6.35. The van der Waals surface area contributed by atoms with Crippen molar-refractivity contribution >= 4 is 11.5 Å². The van der Waals surface area contributed by atoms with Crippen molar-refractivity contribution in [2.45, 2.75) is 6.42 Å². The maximum absolute atomic E-state index is 4.50. The van der Waals surface area contributed by atoms with E-state index in [-0.39, 0.29) is 0 Å². The van der Waals surface area contributed by atoms with Gasteiger partial charge in [0.25, 0.3) is 0 Å². The predicted octanol–water partition coefficient (Wildman–Crippen LogP) is 3.45. The minimum atomic E-state index is 0.788. The zero-order chi connectivity index (χ0) is 16.2. The average Bonchev–Trinajstić information content (AvgIpc) is 3.08. The van der Waals surface area contributed by atoms with Gasteiger partial charge in [-0.15, -0.1) is 0 Å². The normalized spacial score (nSPS) is 10.8. The van der Waals surface area contributed by atoms with Gasteiger partial charge in [-0.25, -0.2) is 4.98 Å². The van der Waals surface area contributed by atoms with Crippen LogP contribution in [0.25, 0.3) is 16.8 Å². The summed E-state index contributed by atoms with van der Waals surface area (Å²) in [5, 5.41) is 7.92. The number of aromatic nitrogens is 4. The highest BCUT2D eigenvalue weighted by Gasteiger charge is 2.10. The smallest absolute Gasteiger partial charge is 0.165 e. The van der Waals surface area contributed by atoms with Crippen LogP contribution in [0.2, 0.25) is 0 Å². The largest absolute Gasteiger partial charge is 0.370 e. The van der Waals surface area contributed by atoms with Gasteiger partial charge in [-0.1, -0.05) is 36.4 Å². The van der Waals surface area contributed by atoms with Crippen molar-refractivity contribution in [2.24, 2.45) is 0 Å². The quantitative estimate of drug-likeness (QED) is 0.613. The molecule has 0 saturated carbocycles. The first kappa shape index (κ1) is 14.4. The fourth-order valence-electron chi connectivity index (χ4n) is 2.71. The number of anilines is 1. The molecule has 1 N–H and O–H groups in total. The molecule has 0 radical (unpaired) electrons. The van der Waals surface area contributed by atoms with Crippen LogP contribution < -0.4 is 5.32 Å². The van der Waals surface area contributed by atoms with Crippen molar-refractivity contribution in [3.63, 3.8) is 0 Å². The molecule has 118 valence electrons. The van der Waals surface area contributed by atoms with Crippen LogP contribution in [-0.4, -0.2) is 26.1 Å². The Morgan fingerprint density at radius 1 is 0.875 bits per heavy atom. The first-order valence-electron chi connectivity index (χ1n) is 7.94. The van der Waals surface area contributed by atoms with Crippen LogP contribution in [0.3, 0.4) is 0 Å². The molecule has 4 aromatic rings. The van der Waals surface area contributed by atoms with Crippen LogP contribution in [0, 0.1) is 0 Å². The Morgan fingerprint density at radius 2 is 1.75 bits per heavy atom. The van der Waals surface area contributed by atoms with Gasteiger partial charge in [-0.2, -0.15) is 9.61 Å². The molecule has 0 bridgehead atoms. The molecule has 0 atom stereocenters. The second-order valence-electron chi connectivity index (χ2n) is 5.49. The lowest BCUT2D eigenvalue weighted by Gasteiger charge is -2.08. The van der Waals surface area contributed by atoms with E-state index in [4.69, 9.17) is 0 Å². The number of nitrogens with zero attached hydrogens (tertiary/aromatic N) is 4. The van der Waals surface area contributed by atoms with Gasteiger partial charge in [-0.3, -0.25) is 4.98 Å². The number of hydrogen-bond donors (Lipinski definition) is 1. The van der Waals surface area contributed by atoms with Crippen LogP contribution in [0.5, 0.6) is 0 Å². The molecule has 0 aliphatic rings. The average molecular weight is 315 g/mol. The molecule has 5 heteroatoms. The van der Waals surface area contributed by atoms with Crippen LogP contribution in [-0.2, 0) is 6.42 Å². The van der Waals surface area contributed by atoms with E-state index in [1.165, 1.54) is 0 Å². The Hall–Kier alpha value is -3.21. The Labute approximate surface area is 140 Å². The molecule has 4 rings (SSSR count). The molecule has 0 fully saturated rings. The molecule has 0 unspecified atom stereocenters. The summed E-state index contributed by atoms with van der Waals surface area (Å²) < 4.78 is 1.85. The maximum Gasteiger partial charge on any atom is 0.165 e. The molecule has 24 heavy (non-hydrogen) atoms. The summed E-state index contributed by atoms with van der Waals surface area (Å²) in [6, 6.07) is 18.1. The van der Waals surface area contributed by atoms with Gasteiger partial charge in [0.15, 0.2) is 5.65 Å². The van der Waals surface area contributed by atoms with Gasteiger partial charge >= 0.3 is 0 Å². The molecule has 3 heterocycles. The predicted molar refractivity (Wildman–Crippen MR) is 94.9 cm³/mol.